The van der Waals surface area contributed by atoms with Gasteiger partial charge >= 0.3 is 45.2 Å². The van der Waals surface area contributed by atoms with Crippen molar-refractivity contribution in [1.82, 2.24) is 4.72 Å². The molecule has 1 aromatic carbocycles. The molecule has 1 heterocycles. The summed E-state index contributed by atoms with van der Waals surface area (Å²) in [5.41, 5.74) is 0.220. The number of hydrogen-bond donors (Lipinski definition) is 5. The van der Waals surface area contributed by atoms with Crippen molar-refractivity contribution in [2.45, 2.75) is 4.90 Å². The maximum absolute atomic E-state index is 11.1. The monoisotopic (exact) mass is 385 g/mol. The Morgan fingerprint density at radius 3 is 1.82 bits per heavy atom. The maximum atomic E-state index is 11.1. The zero-order valence-electron chi connectivity index (χ0n) is 9.85. The molecule has 1 amide bonds. The van der Waals surface area contributed by atoms with Gasteiger partial charge in [-0.05, 0) is 12.1 Å². The van der Waals surface area contributed by atoms with Crippen molar-refractivity contribution in [1.29, 1.82) is 0 Å². The van der Waals surface area contributed by atoms with Crippen LogP contribution in [0.3, 0.4) is 0 Å². The molecule has 0 saturated carbocycles. The summed E-state index contributed by atoms with van der Waals surface area (Å²) in [4.78, 5) is 42.1. The molecule has 0 fully saturated rings. The zero-order valence-corrected chi connectivity index (χ0v) is 12.5. The van der Waals surface area contributed by atoms with Gasteiger partial charge < -0.3 is 19.6 Å². The average Bonchev–Trinajstić information content (AvgIpc) is 2.46. The molecule has 0 bridgehead atoms. The number of rotatable bonds is 2. The average molecular weight is 385 g/mol. The zero-order chi connectivity index (χ0) is 16.5. The van der Waals surface area contributed by atoms with Crippen LogP contribution in [-0.2, 0) is 23.5 Å². The summed E-state index contributed by atoms with van der Waals surface area (Å²) >= 11 is 0. The Labute approximate surface area is 146 Å². The van der Waals surface area contributed by atoms with E-state index in [4.69, 9.17) is 19.6 Å². The second kappa shape index (κ2) is 7.65. The van der Waals surface area contributed by atoms with Crippen LogP contribution in [0.1, 0.15) is 10.4 Å². The second-order valence-electron chi connectivity index (χ2n) is 3.49. The first-order chi connectivity index (χ1) is 9.32. The van der Waals surface area contributed by atoms with Crippen LogP contribution >= 0.6 is 15.6 Å². The Balaban J connectivity index is 0.000000402. The van der Waals surface area contributed by atoms with Crippen LogP contribution in [0.15, 0.2) is 29.2 Å². The molecule has 1 aliphatic rings. The summed E-state index contributed by atoms with van der Waals surface area (Å²) in [7, 11) is -13.7. The van der Waals surface area contributed by atoms with Crippen LogP contribution < -0.4 is 4.72 Å². The fourth-order valence-electron chi connectivity index (χ4n) is 1.26. The first-order valence-electron chi connectivity index (χ1n) is 4.80. The molecular weight excluding hydrogens is 375 g/mol. The number of fused-ring (bicyclic) bond motifs is 1. The van der Waals surface area contributed by atoms with Gasteiger partial charge in [0.25, 0.3) is 15.9 Å². The molecule has 1 aliphatic heterocycles. The number of nitrogens with one attached hydrogen (secondary N) is 1. The van der Waals surface area contributed by atoms with Crippen LogP contribution in [0.5, 0.6) is 0 Å². The number of carbonyl (C=O) groups is 1. The van der Waals surface area contributed by atoms with Gasteiger partial charge in [-0.25, -0.2) is 22.3 Å². The molecule has 2 rings (SSSR count). The van der Waals surface area contributed by atoms with Gasteiger partial charge in [0.2, 0.25) is 0 Å². The van der Waals surface area contributed by atoms with Gasteiger partial charge in [0.15, 0.2) is 0 Å². The molecule has 0 saturated heterocycles. The quantitative estimate of drug-likeness (QED) is 0.301. The third-order valence-electron chi connectivity index (χ3n) is 1.86. The van der Waals surface area contributed by atoms with Crippen LogP contribution in [0.25, 0.3) is 0 Å². The molecule has 0 aromatic heterocycles. The van der Waals surface area contributed by atoms with E-state index in [1.165, 1.54) is 12.1 Å². The van der Waals surface area contributed by atoms with Crippen molar-refractivity contribution >= 4 is 61.1 Å². The van der Waals surface area contributed by atoms with Gasteiger partial charge in [0.05, 0.1) is 5.56 Å². The van der Waals surface area contributed by atoms with E-state index in [2.05, 4.69) is 4.31 Å². The van der Waals surface area contributed by atoms with Crippen molar-refractivity contribution < 1.29 is 46.2 Å². The minimum atomic E-state index is -5.05. The molecule has 0 unspecified atom stereocenters. The van der Waals surface area contributed by atoms with Crippen LogP contribution in [0.2, 0.25) is 0 Å². The SMILES string of the molecule is O=C1NS(=O)(=O)c2ccccc21.O=P(O)(O)OP(=O)(O)O.[NaH]. The van der Waals surface area contributed by atoms with Crippen molar-refractivity contribution in [3.05, 3.63) is 29.8 Å². The van der Waals surface area contributed by atoms with E-state index >= 15 is 0 Å². The first-order valence-corrected chi connectivity index (χ1v) is 9.35. The fraction of sp³-hybridized carbons (Fsp3) is 0. The van der Waals surface area contributed by atoms with E-state index in [-0.39, 0.29) is 40.0 Å². The van der Waals surface area contributed by atoms with E-state index in [1.807, 2.05) is 4.72 Å². The number of sulfonamides is 1. The van der Waals surface area contributed by atoms with Crippen molar-refractivity contribution in [3.63, 3.8) is 0 Å². The first kappa shape index (κ1) is 21.9. The molecule has 0 atom stereocenters. The molecule has 0 spiro atoms. The molecule has 22 heavy (non-hydrogen) atoms. The Hall–Kier alpha value is -0.100. The van der Waals surface area contributed by atoms with E-state index in [0.717, 1.165) is 0 Å². The topological polar surface area (TPSA) is 188 Å². The molecule has 0 aliphatic carbocycles. The Morgan fingerprint density at radius 1 is 1.00 bits per heavy atom. The molecule has 11 nitrogen and oxygen atoms in total. The van der Waals surface area contributed by atoms with Crippen LogP contribution in [0, 0.1) is 0 Å². The van der Waals surface area contributed by atoms with Gasteiger partial charge in [-0.3, -0.25) is 4.79 Å². The van der Waals surface area contributed by atoms with Crippen LogP contribution in [-0.4, -0.2) is 63.5 Å². The summed E-state index contributed by atoms with van der Waals surface area (Å²) < 4.78 is 46.4. The molecule has 0 radical (unpaired) electrons. The van der Waals surface area contributed by atoms with E-state index in [1.54, 1.807) is 12.1 Å². The molecule has 120 valence electrons. The summed E-state index contributed by atoms with van der Waals surface area (Å²) in [5, 5.41) is 0. The number of carbonyl (C=O) groups excluding carboxylic acids is 1. The normalized spacial score (nSPS) is 15.7. The summed E-state index contributed by atoms with van der Waals surface area (Å²) in [6, 6.07) is 6.09. The van der Waals surface area contributed by atoms with Crippen molar-refractivity contribution in [3.8, 4) is 0 Å². The number of hydrogen-bond acceptors (Lipinski definition) is 6. The van der Waals surface area contributed by atoms with Gasteiger partial charge in [0.1, 0.15) is 4.90 Å². The summed E-state index contributed by atoms with van der Waals surface area (Å²) in [6.07, 6.45) is 0. The van der Waals surface area contributed by atoms with Crippen molar-refractivity contribution in [2.24, 2.45) is 0 Å². The Kier molecular flexibility index (Phi) is 7.61. The van der Waals surface area contributed by atoms with E-state index in [0.29, 0.717) is 0 Å². The Bertz CT molecular complexity index is 732. The minimum absolute atomic E-state index is 0. The third kappa shape index (κ3) is 6.99. The van der Waals surface area contributed by atoms with Gasteiger partial charge in [-0.2, -0.15) is 4.31 Å². The Morgan fingerprint density at radius 2 is 1.45 bits per heavy atom. The molecule has 15 heteroatoms. The third-order valence-corrected chi connectivity index (χ3v) is 4.95. The predicted octanol–water partition coefficient (Wildman–Crippen LogP) is -1.34. The van der Waals surface area contributed by atoms with E-state index < -0.39 is 31.6 Å². The number of phosphoric acid groups is 2. The molecule has 5 N–H and O–H groups in total. The standard InChI is InChI=1S/C7H5NO3S.Na.H4O7P2.H/c9-7-5-3-1-2-4-6(5)12(10,11)8-7;;1-8(2,3)7-9(4,5)6;/h1-4H,(H,8,9);;(H2,1,2,3)(H2,4,5,6);. The second-order valence-corrected chi connectivity index (χ2v) is 7.76. The van der Waals surface area contributed by atoms with Gasteiger partial charge in [0, 0.05) is 0 Å². The summed E-state index contributed by atoms with van der Waals surface area (Å²) in [6.45, 7) is 0. The summed E-state index contributed by atoms with van der Waals surface area (Å²) in [5.74, 6) is -0.550. The fourth-order valence-corrected chi connectivity index (χ4v) is 3.54. The van der Waals surface area contributed by atoms with E-state index in [9.17, 15) is 22.3 Å². The molecule has 1 aromatic rings. The number of amides is 1. The van der Waals surface area contributed by atoms with Crippen LogP contribution in [0.4, 0.5) is 0 Å². The number of benzene rings is 1. The van der Waals surface area contributed by atoms with Crippen molar-refractivity contribution in [2.75, 3.05) is 0 Å². The van der Waals surface area contributed by atoms with Gasteiger partial charge in [-0.15, -0.1) is 0 Å². The van der Waals surface area contributed by atoms with Gasteiger partial charge in [-0.1, -0.05) is 12.1 Å². The molecular formula is C7H10NNaO10P2S. The predicted molar refractivity (Wildman–Crippen MR) is 73.4 cm³/mol.